The average molecular weight is 435 g/mol. The third-order valence-electron chi connectivity index (χ3n) is 7.31. The van der Waals surface area contributed by atoms with E-state index in [0.717, 1.165) is 12.8 Å². The van der Waals surface area contributed by atoms with Crippen molar-refractivity contribution in [1.82, 2.24) is 0 Å². The normalized spacial score (nSPS) is 34.6. The average Bonchev–Trinajstić information content (AvgIpc) is 2.95. The summed E-state index contributed by atoms with van der Waals surface area (Å²) in [6.07, 6.45) is -0.0741. The molecule has 0 radical (unpaired) electrons. The minimum absolute atomic E-state index is 0.000800. The molecule has 3 aliphatic rings. The second-order valence-corrected chi connectivity index (χ2v) is 12.7. The maximum Gasteiger partial charge on any atom is 0.311 e. The number of ether oxygens (including phenoxy) is 2. The Labute approximate surface area is 185 Å². The number of ketones is 1. The van der Waals surface area contributed by atoms with Crippen LogP contribution in [0.4, 0.5) is 0 Å². The molecule has 0 aliphatic heterocycles. The molecule has 6 heteroatoms. The van der Waals surface area contributed by atoms with Crippen LogP contribution in [0.25, 0.3) is 0 Å². The first kappa shape index (κ1) is 24.0. The molecule has 31 heavy (non-hydrogen) atoms. The quantitative estimate of drug-likeness (QED) is 0.679. The van der Waals surface area contributed by atoms with Crippen LogP contribution in [0, 0.1) is 33.5 Å². The SMILES string of the molecule is CC1(C)CC2C(O)C(COC(=O)C(C)(C)C)=C3C(=O)C(OC(=O)C(C)(C)C)C3(C)C2C1. The molecule has 1 N–H and O–H groups in total. The number of carbonyl (C=O) groups excluding carboxylic acids is 3. The van der Waals surface area contributed by atoms with E-state index >= 15 is 0 Å². The van der Waals surface area contributed by atoms with E-state index in [-0.39, 0.29) is 35.6 Å². The minimum atomic E-state index is -0.864. The summed E-state index contributed by atoms with van der Waals surface area (Å²) in [4.78, 5) is 38.2. The van der Waals surface area contributed by atoms with E-state index in [0.29, 0.717) is 11.1 Å². The molecule has 0 aromatic rings. The lowest BCUT2D eigenvalue weighted by Crippen LogP contribution is -2.65. The van der Waals surface area contributed by atoms with Crippen LogP contribution in [0.5, 0.6) is 0 Å². The van der Waals surface area contributed by atoms with Gasteiger partial charge in [-0.15, -0.1) is 0 Å². The van der Waals surface area contributed by atoms with E-state index in [4.69, 9.17) is 9.47 Å². The van der Waals surface area contributed by atoms with Gasteiger partial charge >= 0.3 is 11.9 Å². The molecule has 0 aromatic heterocycles. The lowest BCUT2D eigenvalue weighted by atomic mass is 9.48. The Bertz CT molecular complexity index is 837. The van der Waals surface area contributed by atoms with E-state index in [1.165, 1.54) is 0 Å². The lowest BCUT2D eigenvalue weighted by Gasteiger charge is -2.57. The molecule has 5 unspecified atom stereocenters. The smallest absolute Gasteiger partial charge is 0.311 e. The molecule has 0 bridgehead atoms. The van der Waals surface area contributed by atoms with Crippen LogP contribution in [0.3, 0.4) is 0 Å². The first-order valence-electron chi connectivity index (χ1n) is 11.3. The van der Waals surface area contributed by atoms with Crippen molar-refractivity contribution in [2.45, 2.75) is 87.4 Å². The molecular formula is C25H38O6. The van der Waals surface area contributed by atoms with Crippen molar-refractivity contribution in [3.05, 3.63) is 11.1 Å². The van der Waals surface area contributed by atoms with Gasteiger partial charge in [-0.25, -0.2) is 0 Å². The van der Waals surface area contributed by atoms with Gasteiger partial charge in [-0.3, -0.25) is 14.4 Å². The molecule has 6 nitrogen and oxygen atoms in total. The van der Waals surface area contributed by atoms with Crippen molar-refractivity contribution < 1.29 is 29.0 Å². The fourth-order valence-corrected chi connectivity index (χ4v) is 5.59. The predicted molar refractivity (Wildman–Crippen MR) is 116 cm³/mol. The molecule has 5 atom stereocenters. The molecular weight excluding hydrogens is 396 g/mol. The highest BCUT2D eigenvalue weighted by molar-refractivity contribution is 6.10. The zero-order valence-corrected chi connectivity index (χ0v) is 20.4. The largest absolute Gasteiger partial charge is 0.461 e. The fourth-order valence-electron chi connectivity index (χ4n) is 5.59. The fraction of sp³-hybridized carbons (Fsp3) is 0.800. The number of aliphatic hydroxyl groups excluding tert-OH is 1. The highest BCUT2D eigenvalue weighted by Crippen LogP contribution is 2.65. The summed E-state index contributed by atoms with van der Waals surface area (Å²) >= 11 is 0. The highest BCUT2D eigenvalue weighted by Gasteiger charge is 2.69. The van der Waals surface area contributed by atoms with Crippen molar-refractivity contribution >= 4 is 17.7 Å². The van der Waals surface area contributed by atoms with Gasteiger partial charge in [-0.2, -0.15) is 0 Å². The van der Waals surface area contributed by atoms with Gasteiger partial charge in [0, 0.05) is 16.6 Å². The van der Waals surface area contributed by atoms with Gasteiger partial charge in [0.25, 0.3) is 0 Å². The Kier molecular flexibility index (Phi) is 5.53. The maximum atomic E-state index is 13.2. The van der Waals surface area contributed by atoms with Crippen LogP contribution in [0.2, 0.25) is 0 Å². The van der Waals surface area contributed by atoms with Crippen LogP contribution in [-0.2, 0) is 23.9 Å². The molecule has 0 spiro atoms. The van der Waals surface area contributed by atoms with Gasteiger partial charge in [0.15, 0.2) is 6.10 Å². The second kappa shape index (κ2) is 7.16. The minimum Gasteiger partial charge on any atom is -0.461 e. The summed E-state index contributed by atoms with van der Waals surface area (Å²) in [7, 11) is 0. The van der Waals surface area contributed by atoms with E-state index in [2.05, 4.69) is 13.8 Å². The molecule has 0 saturated heterocycles. The molecule has 174 valence electrons. The van der Waals surface area contributed by atoms with Crippen LogP contribution in [-0.4, -0.2) is 41.6 Å². The second-order valence-electron chi connectivity index (χ2n) is 12.7. The van der Waals surface area contributed by atoms with Crippen molar-refractivity contribution in [3.63, 3.8) is 0 Å². The molecule has 0 heterocycles. The number of rotatable bonds is 3. The van der Waals surface area contributed by atoms with E-state index in [1.54, 1.807) is 41.5 Å². The van der Waals surface area contributed by atoms with E-state index in [9.17, 15) is 19.5 Å². The topological polar surface area (TPSA) is 89.9 Å². The Balaban J connectivity index is 2.00. The molecule has 3 rings (SSSR count). The molecule has 0 amide bonds. The van der Waals surface area contributed by atoms with Crippen molar-refractivity contribution in [1.29, 1.82) is 0 Å². The zero-order chi connectivity index (χ0) is 23.7. The molecule has 2 fully saturated rings. The standard InChI is InChI=1S/C25H38O6/c1-22(2,3)20(28)30-12-14-16-18(27)19(31-21(29)23(4,5)6)25(16,9)15-11-24(7,8)10-13(15)17(14)26/h13,15,17,19,26H,10-12H2,1-9H3. The molecule has 2 saturated carbocycles. The summed E-state index contributed by atoms with van der Waals surface area (Å²) < 4.78 is 11.3. The first-order valence-corrected chi connectivity index (χ1v) is 11.3. The Hall–Kier alpha value is -1.69. The number of aliphatic hydroxyl groups is 1. The van der Waals surface area contributed by atoms with Crippen LogP contribution in [0.15, 0.2) is 11.1 Å². The van der Waals surface area contributed by atoms with Gasteiger partial charge < -0.3 is 14.6 Å². The van der Waals surface area contributed by atoms with Crippen LogP contribution < -0.4 is 0 Å². The van der Waals surface area contributed by atoms with Gasteiger partial charge in [-0.05, 0) is 71.6 Å². The summed E-state index contributed by atoms with van der Waals surface area (Å²) in [6, 6.07) is 0. The maximum absolute atomic E-state index is 13.2. The number of hydrogen-bond donors (Lipinski definition) is 1. The predicted octanol–water partition coefficient (Wildman–Crippen LogP) is 3.85. The van der Waals surface area contributed by atoms with Crippen LogP contribution in [0.1, 0.15) is 75.2 Å². The van der Waals surface area contributed by atoms with E-state index in [1.807, 2.05) is 6.92 Å². The summed E-state index contributed by atoms with van der Waals surface area (Å²) in [5, 5.41) is 11.2. The Morgan fingerprint density at radius 3 is 2.06 bits per heavy atom. The van der Waals surface area contributed by atoms with Gasteiger partial charge in [-0.1, -0.05) is 20.8 Å². The van der Waals surface area contributed by atoms with Gasteiger partial charge in [0.05, 0.1) is 16.9 Å². The lowest BCUT2D eigenvalue weighted by molar-refractivity contribution is -0.182. The Morgan fingerprint density at radius 2 is 1.55 bits per heavy atom. The van der Waals surface area contributed by atoms with Crippen molar-refractivity contribution in [3.8, 4) is 0 Å². The number of fused-ring (bicyclic) bond motifs is 3. The molecule has 0 aromatic carbocycles. The third kappa shape index (κ3) is 3.85. The highest BCUT2D eigenvalue weighted by atomic mass is 16.6. The number of carbonyl (C=O) groups is 3. The first-order chi connectivity index (χ1) is 13.9. The molecule has 3 aliphatic carbocycles. The number of esters is 2. The summed E-state index contributed by atoms with van der Waals surface area (Å²) in [6.45, 7) is 16.8. The van der Waals surface area contributed by atoms with Gasteiger partial charge in [0.1, 0.15) is 6.61 Å². The monoisotopic (exact) mass is 434 g/mol. The number of hydrogen-bond acceptors (Lipinski definition) is 6. The summed E-state index contributed by atoms with van der Waals surface area (Å²) in [5.74, 6) is -1.12. The number of Topliss-reactive ketones (excluding diaryl/α,β-unsaturated/α-hetero) is 1. The third-order valence-corrected chi connectivity index (χ3v) is 7.31. The summed E-state index contributed by atoms with van der Waals surface area (Å²) in [5.41, 5.74) is -1.11. The van der Waals surface area contributed by atoms with Gasteiger partial charge in [0.2, 0.25) is 5.78 Å². The van der Waals surface area contributed by atoms with Crippen molar-refractivity contribution in [2.24, 2.45) is 33.5 Å². The van der Waals surface area contributed by atoms with Crippen LogP contribution >= 0.6 is 0 Å². The zero-order valence-electron chi connectivity index (χ0n) is 20.4. The van der Waals surface area contributed by atoms with Crippen molar-refractivity contribution in [2.75, 3.05) is 6.61 Å². The van der Waals surface area contributed by atoms with E-state index < -0.39 is 34.4 Å². The Morgan fingerprint density at radius 1 is 1.00 bits per heavy atom.